The fraction of sp³-hybridized carbons (Fsp3) is 0.0588. The van der Waals surface area contributed by atoms with Crippen molar-refractivity contribution in [3.8, 4) is 5.75 Å². The first-order valence-corrected chi connectivity index (χ1v) is 6.98. The normalized spacial score (nSPS) is 15.1. The fourth-order valence-electron chi connectivity index (χ4n) is 2.15. The number of hydrogen-bond donors (Lipinski definition) is 0. The molecule has 0 saturated carbocycles. The zero-order valence-electron chi connectivity index (χ0n) is 12.6. The summed E-state index contributed by atoms with van der Waals surface area (Å²) in [5.74, 6) is 0.252. The first-order valence-electron chi connectivity index (χ1n) is 6.98. The molecule has 0 unspecified atom stereocenters. The molecular weight excluding hydrogens is 312 g/mol. The lowest BCUT2D eigenvalue weighted by atomic mass is 10.1. The molecule has 2 aromatic rings. The maximum Gasteiger partial charge on any atom is 0.363 e. The third-order valence-corrected chi connectivity index (χ3v) is 3.34. The molecule has 3 rings (SSSR count). The van der Waals surface area contributed by atoms with Gasteiger partial charge in [0, 0.05) is 17.7 Å². The van der Waals surface area contributed by atoms with E-state index in [1.54, 1.807) is 43.5 Å². The summed E-state index contributed by atoms with van der Waals surface area (Å²) in [5.41, 5.74) is 1.15. The molecule has 7 nitrogen and oxygen atoms in total. The van der Waals surface area contributed by atoms with Gasteiger partial charge in [0.05, 0.1) is 12.0 Å². The van der Waals surface area contributed by atoms with Gasteiger partial charge in [-0.1, -0.05) is 12.1 Å². The number of esters is 1. The molecule has 0 amide bonds. The van der Waals surface area contributed by atoms with Gasteiger partial charge >= 0.3 is 5.97 Å². The maximum atomic E-state index is 11.9. The van der Waals surface area contributed by atoms with Crippen molar-refractivity contribution in [2.45, 2.75) is 0 Å². The Morgan fingerprint density at radius 3 is 2.62 bits per heavy atom. The minimum atomic E-state index is -0.604. The summed E-state index contributed by atoms with van der Waals surface area (Å²) >= 11 is 0. The fourth-order valence-corrected chi connectivity index (χ4v) is 2.15. The predicted molar refractivity (Wildman–Crippen MR) is 86.7 cm³/mol. The van der Waals surface area contributed by atoms with E-state index in [9.17, 15) is 14.9 Å². The van der Waals surface area contributed by atoms with Gasteiger partial charge in [-0.05, 0) is 35.9 Å². The quantitative estimate of drug-likeness (QED) is 0.373. The second kappa shape index (κ2) is 6.33. The Morgan fingerprint density at radius 1 is 1.21 bits per heavy atom. The summed E-state index contributed by atoms with van der Waals surface area (Å²) in [6, 6.07) is 12.8. The van der Waals surface area contributed by atoms with Crippen LogP contribution in [0.3, 0.4) is 0 Å². The SMILES string of the molecule is COc1ccc(C2=N/C(=C\c3cccc([N+](=O)[O-])c3)C(=O)O2)cc1. The van der Waals surface area contributed by atoms with Crippen LogP contribution >= 0.6 is 0 Å². The van der Waals surface area contributed by atoms with Crippen molar-refractivity contribution in [3.05, 3.63) is 75.5 Å². The van der Waals surface area contributed by atoms with Crippen LogP contribution < -0.4 is 4.74 Å². The predicted octanol–water partition coefficient (Wildman–Crippen LogP) is 2.95. The summed E-state index contributed by atoms with van der Waals surface area (Å²) in [4.78, 5) is 26.4. The van der Waals surface area contributed by atoms with Crippen LogP contribution in [0.4, 0.5) is 5.69 Å². The second-order valence-electron chi connectivity index (χ2n) is 4.92. The molecule has 0 aromatic heterocycles. The average molecular weight is 324 g/mol. The molecule has 2 aromatic carbocycles. The van der Waals surface area contributed by atoms with Gasteiger partial charge in [0.2, 0.25) is 5.90 Å². The Bertz CT molecular complexity index is 869. The van der Waals surface area contributed by atoms with Crippen molar-refractivity contribution in [2.75, 3.05) is 7.11 Å². The Labute approximate surface area is 137 Å². The monoisotopic (exact) mass is 324 g/mol. The van der Waals surface area contributed by atoms with E-state index in [0.717, 1.165) is 0 Å². The number of hydrogen-bond acceptors (Lipinski definition) is 6. The molecule has 0 aliphatic carbocycles. The highest BCUT2D eigenvalue weighted by molar-refractivity contribution is 6.12. The van der Waals surface area contributed by atoms with Crippen molar-refractivity contribution in [3.63, 3.8) is 0 Å². The van der Waals surface area contributed by atoms with Crippen molar-refractivity contribution >= 4 is 23.6 Å². The van der Waals surface area contributed by atoms with Crippen LogP contribution in [0.2, 0.25) is 0 Å². The van der Waals surface area contributed by atoms with E-state index >= 15 is 0 Å². The molecule has 0 N–H and O–H groups in total. The van der Waals surface area contributed by atoms with E-state index in [0.29, 0.717) is 16.9 Å². The molecule has 1 heterocycles. The molecule has 0 fully saturated rings. The number of carbonyl (C=O) groups excluding carboxylic acids is 1. The third-order valence-electron chi connectivity index (χ3n) is 3.34. The van der Waals surface area contributed by atoms with Gasteiger partial charge in [-0.15, -0.1) is 0 Å². The van der Waals surface area contributed by atoms with Crippen LogP contribution in [0.1, 0.15) is 11.1 Å². The highest BCUT2D eigenvalue weighted by Crippen LogP contribution is 2.22. The highest BCUT2D eigenvalue weighted by Gasteiger charge is 2.24. The van der Waals surface area contributed by atoms with Crippen LogP contribution in [0.25, 0.3) is 6.08 Å². The molecule has 1 aliphatic rings. The number of cyclic esters (lactones) is 1. The molecule has 7 heteroatoms. The third kappa shape index (κ3) is 3.14. The van der Waals surface area contributed by atoms with E-state index in [1.165, 1.54) is 18.2 Å². The highest BCUT2D eigenvalue weighted by atomic mass is 16.6. The molecule has 0 saturated heterocycles. The Hall–Kier alpha value is -3.48. The number of rotatable bonds is 4. The summed E-state index contributed by atoms with van der Waals surface area (Å²) < 4.78 is 10.2. The van der Waals surface area contributed by atoms with Gasteiger partial charge in [-0.2, -0.15) is 0 Å². The van der Waals surface area contributed by atoms with Crippen molar-refractivity contribution in [1.82, 2.24) is 0 Å². The van der Waals surface area contributed by atoms with Gasteiger partial charge in [0.1, 0.15) is 5.75 Å². The summed E-state index contributed by atoms with van der Waals surface area (Å²) in [5, 5.41) is 10.8. The topological polar surface area (TPSA) is 91.0 Å². The number of nitro groups is 1. The summed E-state index contributed by atoms with van der Waals surface area (Å²) in [6.45, 7) is 0. The lowest BCUT2D eigenvalue weighted by Gasteiger charge is -2.01. The number of nitrogens with zero attached hydrogens (tertiary/aromatic N) is 2. The van der Waals surface area contributed by atoms with Gasteiger partial charge in [-0.3, -0.25) is 10.1 Å². The van der Waals surface area contributed by atoms with E-state index in [2.05, 4.69) is 4.99 Å². The van der Waals surface area contributed by atoms with Crippen LogP contribution in [0.15, 0.2) is 59.2 Å². The smallest absolute Gasteiger partial charge is 0.363 e. The van der Waals surface area contributed by atoms with Crippen molar-refractivity contribution in [2.24, 2.45) is 4.99 Å². The zero-order chi connectivity index (χ0) is 17.1. The molecule has 24 heavy (non-hydrogen) atoms. The molecular formula is C17H12N2O5. The van der Waals surface area contributed by atoms with E-state index < -0.39 is 10.9 Å². The van der Waals surface area contributed by atoms with Crippen molar-refractivity contribution in [1.29, 1.82) is 0 Å². The lowest BCUT2D eigenvalue weighted by Crippen LogP contribution is -2.05. The van der Waals surface area contributed by atoms with Crippen LogP contribution in [0.5, 0.6) is 5.75 Å². The molecule has 0 spiro atoms. The molecule has 1 aliphatic heterocycles. The second-order valence-corrected chi connectivity index (χ2v) is 4.92. The number of ether oxygens (including phenoxy) is 2. The van der Waals surface area contributed by atoms with Gasteiger partial charge in [0.15, 0.2) is 5.70 Å². The first-order chi connectivity index (χ1) is 11.6. The van der Waals surface area contributed by atoms with E-state index in [1.807, 2.05) is 0 Å². The minimum Gasteiger partial charge on any atom is -0.497 e. The Morgan fingerprint density at radius 2 is 1.96 bits per heavy atom. The molecule has 120 valence electrons. The standard InChI is InChI=1S/C17H12N2O5/c1-23-14-7-5-12(6-8-14)16-18-15(17(20)24-16)10-11-3-2-4-13(9-11)19(21)22/h2-10H,1H3/b15-10-. The molecule has 0 radical (unpaired) electrons. The number of methoxy groups -OCH3 is 1. The van der Waals surface area contributed by atoms with Crippen LogP contribution in [-0.4, -0.2) is 23.9 Å². The first kappa shape index (κ1) is 15.4. The molecule has 0 atom stereocenters. The van der Waals surface area contributed by atoms with Gasteiger partial charge < -0.3 is 9.47 Å². The van der Waals surface area contributed by atoms with Gasteiger partial charge in [-0.25, -0.2) is 9.79 Å². The molecule has 0 bridgehead atoms. The summed E-state index contributed by atoms with van der Waals surface area (Å²) in [7, 11) is 1.56. The minimum absolute atomic E-state index is 0.0601. The largest absolute Gasteiger partial charge is 0.497 e. The number of non-ortho nitro benzene ring substituents is 1. The van der Waals surface area contributed by atoms with Crippen LogP contribution in [0, 0.1) is 10.1 Å². The van der Waals surface area contributed by atoms with E-state index in [4.69, 9.17) is 9.47 Å². The number of nitro benzene ring substituents is 1. The number of benzene rings is 2. The van der Waals surface area contributed by atoms with Gasteiger partial charge in [0.25, 0.3) is 5.69 Å². The zero-order valence-corrected chi connectivity index (χ0v) is 12.6. The Kier molecular flexibility index (Phi) is 4.07. The average Bonchev–Trinajstić information content (AvgIpc) is 2.96. The number of aliphatic imine (C=N–C) groups is 1. The number of carbonyl (C=O) groups is 1. The van der Waals surface area contributed by atoms with E-state index in [-0.39, 0.29) is 17.3 Å². The summed E-state index contributed by atoms with van der Waals surface area (Å²) in [6.07, 6.45) is 1.45. The maximum absolute atomic E-state index is 11.9. The lowest BCUT2D eigenvalue weighted by molar-refractivity contribution is -0.384. The Balaban J connectivity index is 1.90. The van der Waals surface area contributed by atoms with Crippen LogP contribution in [-0.2, 0) is 9.53 Å². The van der Waals surface area contributed by atoms with Crippen molar-refractivity contribution < 1.29 is 19.2 Å².